The van der Waals surface area contributed by atoms with Crippen molar-refractivity contribution in [2.24, 2.45) is 15.7 Å². The van der Waals surface area contributed by atoms with E-state index in [-0.39, 0.29) is 5.41 Å². The second-order valence-electron chi connectivity index (χ2n) is 14.6. The van der Waals surface area contributed by atoms with Crippen LogP contribution in [0.15, 0.2) is 180 Å². The average molecular weight is 707 g/mol. The molecule has 0 aromatic heterocycles. The van der Waals surface area contributed by atoms with E-state index in [4.69, 9.17) is 15.7 Å². The molecule has 4 nitrogen and oxygen atoms in total. The molecule has 0 fully saturated rings. The lowest BCUT2D eigenvalue weighted by Crippen LogP contribution is -2.17. The minimum atomic E-state index is -0.218. The van der Waals surface area contributed by atoms with Crippen molar-refractivity contribution in [1.29, 1.82) is 5.26 Å². The van der Waals surface area contributed by atoms with Gasteiger partial charge in [-0.1, -0.05) is 172 Å². The summed E-state index contributed by atoms with van der Waals surface area (Å²) < 4.78 is 0. The lowest BCUT2D eigenvalue weighted by Gasteiger charge is -2.22. The molecule has 0 bridgehead atoms. The first-order valence-electron chi connectivity index (χ1n) is 18.6. The highest BCUT2D eigenvalue weighted by Crippen LogP contribution is 2.51. The van der Waals surface area contributed by atoms with Crippen LogP contribution in [0.3, 0.4) is 0 Å². The van der Waals surface area contributed by atoms with E-state index in [9.17, 15) is 5.26 Å². The van der Waals surface area contributed by atoms with Gasteiger partial charge in [0.15, 0.2) is 5.84 Å². The molecule has 8 aromatic rings. The Morgan fingerprint density at radius 3 is 1.89 bits per heavy atom. The fraction of sp³-hybridized carbons (Fsp3) is 0.0784. The number of nitrogens with zero attached hydrogens (tertiary/aromatic N) is 3. The van der Waals surface area contributed by atoms with Crippen molar-refractivity contribution in [3.05, 3.63) is 203 Å². The third-order valence-corrected chi connectivity index (χ3v) is 11.0. The zero-order valence-electron chi connectivity index (χ0n) is 30.8. The summed E-state index contributed by atoms with van der Waals surface area (Å²) in [5.41, 5.74) is 19.2. The van der Waals surface area contributed by atoms with Gasteiger partial charge < -0.3 is 5.73 Å². The van der Waals surface area contributed by atoms with Crippen LogP contribution in [0.5, 0.6) is 0 Å². The Bertz CT molecular complexity index is 2860. The first kappa shape index (κ1) is 33.7. The van der Waals surface area contributed by atoms with Gasteiger partial charge in [-0.2, -0.15) is 5.26 Å². The van der Waals surface area contributed by atoms with Gasteiger partial charge in [0.2, 0.25) is 0 Å². The molecule has 4 heteroatoms. The number of rotatable bonds is 6. The molecule has 0 atom stereocenters. The molecular weight excluding hydrogens is 669 g/mol. The first-order valence-corrected chi connectivity index (χ1v) is 18.6. The van der Waals surface area contributed by atoms with Crippen molar-refractivity contribution in [3.63, 3.8) is 0 Å². The summed E-state index contributed by atoms with van der Waals surface area (Å²) in [4.78, 5) is 10.4. The van der Waals surface area contributed by atoms with Gasteiger partial charge >= 0.3 is 0 Å². The molecule has 0 amide bonds. The fourth-order valence-electron chi connectivity index (χ4n) is 8.27. The number of nitriles is 1. The zero-order chi connectivity index (χ0) is 37.5. The van der Waals surface area contributed by atoms with E-state index < -0.39 is 0 Å². The minimum Gasteiger partial charge on any atom is -0.383 e. The molecule has 2 N–H and O–H groups in total. The van der Waals surface area contributed by atoms with Gasteiger partial charge in [-0.25, -0.2) is 4.99 Å². The smallest absolute Gasteiger partial charge is 0.158 e. The predicted molar refractivity (Wildman–Crippen MR) is 228 cm³/mol. The quantitative estimate of drug-likeness (QED) is 0.106. The van der Waals surface area contributed by atoms with E-state index in [1.54, 1.807) is 0 Å². The maximum Gasteiger partial charge on any atom is 0.158 e. The summed E-state index contributed by atoms with van der Waals surface area (Å²) in [6, 6.07) is 61.3. The number of fused-ring (bicyclic) bond motifs is 6. The highest BCUT2D eigenvalue weighted by Gasteiger charge is 2.37. The Kier molecular flexibility index (Phi) is 8.41. The topological polar surface area (TPSA) is 74.5 Å². The third-order valence-electron chi connectivity index (χ3n) is 11.0. The minimum absolute atomic E-state index is 0.218. The van der Waals surface area contributed by atoms with Crippen molar-refractivity contribution in [2.45, 2.75) is 25.8 Å². The van der Waals surface area contributed by atoms with Crippen LogP contribution in [0.2, 0.25) is 0 Å². The standard InChI is InChI=1S/C51H38N4/c1-51(2)44-23-13-18-38(31-52)46(44)43-29-28-37(30-45(43)51)34-24-26-35(27-25-34)47-41-21-11-9-19-39(41)40-20-10-12-22-42(40)48(47)50(54-32-33-14-5-3-6-15-33)55-49(53)36-16-7-4-8-17-36/h3-30H,32H2,1-2H3,(H2,53,54,55). The van der Waals surface area contributed by atoms with E-state index in [1.165, 1.54) is 16.5 Å². The Balaban J connectivity index is 1.23. The number of amidine groups is 2. The molecule has 0 radical (unpaired) electrons. The molecule has 0 aliphatic heterocycles. The zero-order valence-corrected chi connectivity index (χ0v) is 30.8. The second kappa shape index (κ2) is 13.7. The lowest BCUT2D eigenvalue weighted by atomic mass is 9.81. The summed E-state index contributed by atoms with van der Waals surface area (Å²) >= 11 is 0. The van der Waals surface area contributed by atoms with E-state index in [2.05, 4.69) is 129 Å². The van der Waals surface area contributed by atoms with Crippen LogP contribution >= 0.6 is 0 Å². The van der Waals surface area contributed by atoms with Gasteiger partial charge in [0.1, 0.15) is 5.84 Å². The Labute approximate surface area is 321 Å². The van der Waals surface area contributed by atoms with E-state index in [0.29, 0.717) is 18.2 Å². The van der Waals surface area contributed by atoms with E-state index in [1.807, 2.05) is 60.7 Å². The Hall–Kier alpha value is -7.09. The molecule has 0 heterocycles. The summed E-state index contributed by atoms with van der Waals surface area (Å²) in [5.74, 6) is 0.998. The van der Waals surface area contributed by atoms with Crippen LogP contribution in [-0.2, 0) is 12.0 Å². The molecule has 55 heavy (non-hydrogen) atoms. The normalized spacial score (nSPS) is 13.4. The van der Waals surface area contributed by atoms with Gasteiger partial charge in [0, 0.05) is 27.7 Å². The third kappa shape index (κ3) is 5.87. The van der Waals surface area contributed by atoms with E-state index >= 15 is 0 Å². The van der Waals surface area contributed by atoms with E-state index in [0.717, 1.165) is 71.8 Å². The molecule has 0 saturated heterocycles. The van der Waals surface area contributed by atoms with Gasteiger partial charge in [0.05, 0.1) is 18.2 Å². The molecule has 1 aliphatic carbocycles. The van der Waals surface area contributed by atoms with Crippen molar-refractivity contribution in [1.82, 2.24) is 0 Å². The highest BCUT2D eigenvalue weighted by atomic mass is 15.0. The van der Waals surface area contributed by atoms with Crippen LogP contribution in [0, 0.1) is 11.3 Å². The SMILES string of the molecule is CC1(C)c2cc(-c3ccc(-c4c(C(/N=C(\N)c5ccccc5)=N/Cc5ccccc5)c5ccccc5c5ccccc45)cc3)ccc2-c2c(C#N)cccc21. The maximum atomic E-state index is 9.93. The van der Waals surface area contributed by atoms with Crippen LogP contribution < -0.4 is 5.73 Å². The van der Waals surface area contributed by atoms with Gasteiger partial charge in [-0.05, 0) is 72.6 Å². The fourth-order valence-corrected chi connectivity index (χ4v) is 8.27. The summed E-state index contributed by atoms with van der Waals surface area (Å²) in [6.45, 7) is 4.96. The number of aliphatic imine (C=N–C) groups is 2. The van der Waals surface area contributed by atoms with Crippen molar-refractivity contribution in [3.8, 4) is 39.4 Å². The lowest BCUT2D eigenvalue weighted by molar-refractivity contribution is 0.660. The molecule has 0 unspecified atom stereocenters. The molecule has 9 rings (SSSR count). The maximum absolute atomic E-state index is 9.93. The Morgan fingerprint density at radius 2 is 1.18 bits per heavy atom. The average Bonchev–Trinajstić information content (AvgIpc) is 3.48. The largest absolute Gasteiger partial charge is 0.383 e. The van der Waals surface area contributed by atoms with Crippen LogP contribution in [0.25, 0.3) is 54.9 Å². The molecule has 8 aromatic carbocycles. The number of benzene rings is 8. The molecule has 0 spiro atoms. The summed E-state index contributed by atoms with van der Waals surface area (Å²) in [7, 11) is 0. The predicted octanol–water partition coefficient (Wildman–Crippen LogP) is 11.9. The monoisotopic (exact) mass is 706 g/mol. The van der Waals surface area contributed by atoms with Crippen LogP contribution in [0.4, 0.5) is 0 Å². The van der Waals surface area contributed by atoms with Gasteiger partial charge in [-0.15, -0.1) is 0 Å². The molecular formula is C51H38N4. The molecule has 0 saturated carbocycles. The molecule has 262 valence electrons. The highest BCUT2D eigenvalue weighted by molar-refractivity contribution is 6.27. The van der Waals surface area contributed by atoms with Gasteiger partial charge in [-0.3, -0.25) is 4.99 Å². The second-order valence-corrected chi connectivity index (χ2v) is 14.6. The van der Waals surface area contributed by atoms with Gasteiger partial charge in [0.25, 0.3) is 0 Å². The summed E-state index contributed by atoms with van der Waals surface area (Å²) in [5, 5.41) is 14.4. The van der Waals surface area contributed by atoms with Crippen molar-refractivity contribution in [2.75, 3.05) is 0 Å². The first-order chi connectivity index (χ1) is 26.9. The van der Waals surface area contributed by atoms with Crippen LogP contribution in [0.1, 0.15) is 47.2 Å². The molecule has 1 aliphatic rings. The van der Waals surface area contributed by atoms with Crippen LogP contribution in [-0.4, -0.2) is 11.7 Å². The Morgan fingerprint density at radius 1 is 0.582 bits per heavy atom. The summed E-state index contributed by atoms with van der Waals surface area (Å²) in [6.07, 6.45) is 0. The van der Waals surface area contributed by atoms with Crippen molar-refractivity contribution >= 4 is 33.2 Å². The number of nitrogens with two attached hydrogens (primary N) is 1. The van der Waals surface area contributed by atoms with Crippen molar-refractivity contribution < 1.29 is 0 Å². The number of hydrogen-bond acceptors (Lipinski definition) is 2. The number of hydrogen-bond donors (Lipinski definition) is 1.